The summed E-state index contributed by atoms with van der Waals surface area (Å²) in [4.78, 5) is 16.0. The molecule has 1 aromatic rings. The molecule has 0 saturated heterocycles. The third-order valence-electron chi connectivity index (χ3n) is 3.90. The highest BCUT2D eigenvalue weighted by atomic mass is 16.3. The molecule has 1 saturated carbocycles. The van der Waals surface area contributed by atoms with Crippen LogP contribution in [0.1, 0.15) is 31.9 Å². The lowest BCUT2D eigenvalue weighted by atomic mass is 9.86. The fourth-order valence-electron chi connectivity index (χ4n) is 2.62. The Morgan fingerprint density at radius 1 is 1.63 bits per heavy atom. The normalized spacial score (nSPS) is 26.2. The lowest BCUT2D eigenvalue weighted by Crippen LogP contribution is -2.46. The van der Waals surface area contributed by atoms with Gasteiger partial charge in [-0.05, 0) is 31.9 Å². The fourth-order valence-corrected chi connectivity index (χ4v) is 2.62. The summed E-state index contributed by atoms with van der Waals surface area (Å²) in [6, 6.07) is 3.38. The van der Waals surface area contributed by atoms with Gasteiger partial charge >= 0.3 is 6.03 Å². The van der Waals surface area contributed by atoms with E-state index < -0.39 is 0 Å². The minimum atomic E-state index is -0.225. The van der Waals surface area contributed by atoms with Gasteiger partial charge in [0.2, 0.25) is 0 Å². The standard InChI is InChI=1S/C14H21N3O2/c1-10-8-11(5-7-15-10)16-13(19)17-12-4-3-6-14(12,2)9-18/h5,7-8,12,18H,3-4,6,9H2,1-2H3,(H2,15,16,17,19). The maximum Gasteiger partial charge on any atom is 0.319 e. The Kier molecular flexibility index (Phi) is 4.04. The molecule has 0 aliphatic heterocycles. The van der Waals surface area contributed by atoms with Gasteiger partial charge in [-0.25, -0.2) is 4.79 Å². The van der Waals surface area contributed by atoms with E-state index in [-0.39, 0.29) is 24.1 Å². The van der Waals surface area contributed by atoms with E-state index in [4.69, 9.17) is 0 Å². The number of carbonyl (C=O) groups is 1. The Bertz CT molecular complexity index is 464. The Hall–Kier alpha value is -1.62. The number of aryl methyl sites for hydroxylation is 1. The summed E-state index contributed by atoms with van der Waals surface area (Å²) < 4.78 is 0. The first kappa shape index (κ1) is 13.8. The molecule has 2 unspecified atom stereocenters. The van der Waals surface area contributed by atoms with Crippen molar-refractivity contribution >= 4 is 11.7 Å². The maximum absolute atomic E-state index is 12.0. The molecular weight excluding hydrogens is 242 g/mol. The lowest BCUT2D eigenvalue weighted by Gasteiger charge is -2.30. The highest BCUT2D eigenvalue weighted by molar-refractivity contribution is 5.89. The summed E-state index contributed by atoms with van der Waals surface area (Å²) in [7, 11) is 0. The van der Waals surface area contributed by atoms with Crippen LogP contribution in [0.5, 0.6) is 0 Å². The summed E-state index contributed by atoms with van der Waals surface area (Å²) in [6.45, 7) is 4.00. The number of pyridine rings is 1. The van der Waals surface area contributed by atoms with E-state index >= 15 is 0 Å². The Labute approximate surface area is 113 Å². The van der Waals surface area contributed by atoms with Gasteiger partial charge in [0.1, 0.15) is 0 Å². The Morgan fingerprint density at radius 3 is 3.11 bits per heavy atom. The van der Waals surface area contributed by atoms with Gasteiger partial charge in [-0.2, -0.15) is 0 Å². The monoisotopic (exact) mass is 263 g/mol. The van der Waals surface area contributed by atoms with Gasteiger partial charge in [0.25, 0.3) is 0 Å². The van der Waals surface area contributed by atoms with E-state index in [1.165, 1.54) is 0 Å². The number of aliphatic hydroxyl groups excluding tert-OH is 1. The third-order valence-corrected chi connectivity index (χ3v) is 3.90. The molecule has 1 fully saturated rings. The second kappa shape index (κ2) is 5.57. The van der Waals surface area contributed by atoms with Crippen LogP contribution in [0.15, 0.2) is 18.3 Å². The van der Waals surface area contributed by atoms with Gasteiger partial charge in [-0.15, -0.1) is 0 Å². The summed E-state index contributed by atoms with van der Waals surface area (Å²) in [5.74, 6) is 0. The lowest BCUT2D eigenvalue weighted by molar-refractivity contribution is 0.122. The van der Waals surface area contributed by atoms with Gasteiger partial charge in [0.15, 0.2) is 0 Å². The molecule has 2 amide bonds. The van der Waals surface area contributed by atoms with Crippen molar-refractivity contribution in [2.24, 2.45) is 5.41 Å². The Balaban J connectivity index is 1.95. The van der Waals surface area contributed by atoms with Crippen LogP contribution < -0.4 is 10.6 Å². The van der Waals surface area contributed by atoms with Crippen LogP contribution >= 0.6 is 0 Å². The second-order valence-corrected chi connectivity index (χ2v) is 5.54. The van der Waals surface area contributed by atoms with Gasteiger partial charge in [0.05, 0.1) is 6.61 Å². The molecule has 104 valence electrons. The average molecular weight is 263 g/mol. The number of nitrogens with one attached hydrogen (secondary N) is 2. The zero-order chi connectivity index (χ0) is 13.9. The number of urea groups is 1. The van der Waals surface area contributed by atoms with E-state index in [0.717, 1.165) is 30.6 Å². The highest BCUT2D eigenvalue weighted by Gasteiger charge is 2.39. The third kappa shape index (κ3) is 3.23. The number of aromatic nitrogens is 1. The van der Waals surface area contributed by atoms with Crippen molar-refractivity contribution in [1.82, 2.24) is 10.3 Å². The summed E-state index contributed by atoms with van der Waals surface area (Å²) >= 11 is 0. The fraction of sp³-hybridized carbons (Fsp3) is 0.571. The number of rotatable bonds is 3. The molecule has 1 aliphatic rings. The minimum Gasteiger partial charge on any atom is -0.396 e. The number of hydrogen-bond donors (Lipinski definition) is 3. The number of anilines is 1. The van der Waals surface area contributed by atoms with Crippen LogP contribution in [-0.2, 0) is 0 Å². The molecule has 0 bridgehead atoms. The molecular formula is C14H21N3O2. The molecule has 1 aromatic heterocycles. The van der Waals surface area contributed by atoms with E-state index in [2.05, 4.69) is 15.6 Å². The molecule has 2 atom stereocenters. The van der Waals surface area contributed by atoms with Gasteiger partial charge < -0.3 is 15.7 Å². The van der Waals surface area contributed by atoms with Crippen molar-refractivity contribution in [2.75, 3.05) is 11.9 Å². The zero-order valence-electron chi connectivity index (χ0n) is 11.4. The predicted octanol–water partition coefficient (Wildman–Crippen LogP) is 2.06. The first-order valence-electron chi connectivity index (χ1n) is 6.64. The number of carbonyl (C=O) groups excluding carboxylic acids is 1. The molecule has 2 rings (SSSR count). The van der Waals surface area contributed by atoms with Crippen molar-refractivity contribution in [3.8, 4) is 0 Å². The number of nitrogens with zero attached hydrogens (tertiary/aromatic N) is 1. The summed E-state index contributed by atoms with van der Waals surface area (Å²) in [5.41, 5.74) is 1.39. The van der Waals surface area contributed by atoms with Crippen molar-refractivity contribution < 1.29 is 9.90 Å². The number of amides is 2. The van der Waals surface area contributed by atoms with Crippen LogP contribution in [-0.4, -0.2) is 28.8 Å². The number of aliphatic hydroxyl groups is 1. The van der Waals surface area contributed by atoms with Crippen LogP contribution in [0, 0.1) is 12.3 Å². The van der Waals surface area contributed by atoms with Crippen molar-refractivity contribution in [1.29, 1.82) is 0 Å². The topological polar surface area (TPSA) is 74.2 Å². The van der Waals surface area contributed by atoms with Crippen LogP contribution in [0.3, 0.4) is 0 Å². The molecule has 0 spiro atoms. The quantitative estimate of drug-likeness (QED) is 0.781. The highest BCUT2D eigenvalue weighted by Crippen LogP contribution is 2.37. The predicted molar refractivity (Wildman–Crippen MR) is 74.0 cm³/mol. The smallest absolute Gasteiger partial charge is 0.319 e. The molecule has 3 N–H and O–H groups in total. The van der Waals surface area contributed by atoms with Crippen LogP contribution in [0.25, 0.3) is 0 Å². The van der Waals surface area contributed by atoms with Crippen molar-refractivity contribution in [3.05, 3.63) is 24.0 Å². The minimum absolute atomic E-state index is 0.0282. The van der Waals surface area contributed by atoms with E-state index in [1.54, 1.807) is 12.3 Å². The second-order valence-electron chi connectivity index (χ2n) is 5.54. The SMILES string of the molecule is Cc1cc(NC(=O)NC2CCCC2(C)CO)ccn1. The molecule has 0 aromatic carbocycles. The zero-order valence-corrected chi connectivity index (χ0v) is 11.4. The molecule has 5 heteroatoms. The molecule has 1 heterocycles. The first-order chi connectivity index (χ1) is 9.03. The molecule has 19 heavy (non-hydrogen) atoms. The van der Waals surface area contributed by atoms with Crippen molar-refractivity contribution in [2.45, 2.75) is 39.2 Å². The van der Waals surface area contributed by atoms with E-state index in [9.17, 15) is 9.90 Å². The van der Waals surface area contributed by atoms with E-state index in [0.29, 0.717) is 0 Å². The first-order valence-corrected chi connectivity index (χ1v) is 6.64. The van der Waals surface area contributed by atoms with Crippen LogP contribution in [0.4, 0.5) is 10.5 Å². The van der Waals surface area contributed by atoms with Crippen molar-refractivity contribution in [3.63, 3.8) is 0 Å². The Morgan fingerprint density at radius 2 is 2.42 bits per heavy atom. The largest absolute Gasteiger partial charge is 0.396 e. The maximum atomic E-state index is 12.0. The van der Waals surface area contributed by atoms with Gasteiger partial charge in [-0.1, -0.05) is 13.3 Å². The average Bonchev–Trinajstić information content (AvgIpc) is 2.71. The summed E-state index contributed by atoms with van der Waals surface area (Å²) in [6.07, 6.45) is 4.57. The molecule has 0 radical (unpaired) electrons. The van der Waals surface area contributed by atoms with E-state index in [1.807, 2.05) is 19.9 Å². The molecule has 1 aliphatic carbocycles. The van der Waals surface area contributed by atoms with Gasteiger partial charge in [0, 0.05) is 29.0 Å². The molecule has 5 nitrogen and oxygen atoms in total. The van der Waals surface area contributed by atoms with Crippen LogP contribution in [0.2, 0.25) is 0 Å². The summed E-state index contributed by atoms with van der Waals surface area (Å²) in [5, 5.41) is 15.2. The number of hydrogen-bond acceptors (Lipinski definition) is 3. The van der Waals surface area contributed by atoms with Gasteiger partial charge in [-0.3, -0.25) is 4.98 Å².